The molecule has 1 fully saturated rings. The Morgan fingerprint density at radius 3 is 2.39 bits per heavy atom. The summed E-state index contributed by atoms with van der Waals surface area (Å²) in [6.45, 7) is 2.34. The average Bonchev–Trinajstić information content (AvgIpc) is 3.13. The lowest BCUT2D eigenvalue weighted by Crippen LogP contribution is -2.46. The molecule has 1 atom stereocenters. The first-order chi connectivity index (χ1) is 17.2. The molecule has 188 valence electrons. The number of hydrogen-bond acceptors (Lipinski definition) is 5. The Kier molecular flexibility index (Phi) is 8.14. The molecule has 3 aromatic rings. The maximum absolute atomic E-state index is 13.7. The van der Waals surface area contributed by atoms with Gasteiger partial charge in [-0.1, -0.05) is 39.7 Å². The first-order valence-corrected chi connectivity index (χ1v) is 13.9. The summed E-state index contributed by atoms with van der Waals surface area (Å²) in [5.74, 6) is -0.443. The largest absolute Gasteiger partial charge is 0.494 e. The van der Waals surface area contributed by atoms with Crippen molar-refractivity contribution in [2.75, 3.05) is 18.1 Å². The Labute approximate surface area is 223 Å². The van der Waals surface area contributed by atoms with Crippen LogP contribution in [-0.4, -0.2) is 43.7 Å². The van der Waals surface area contributed by atoms with Crippen molar-refractivity contribution < 1.29 is 22.7 Å². The molecule has 0 aliphatic carbocycles. The number of hydrogen-bond donors (Lipinski definition) is 0. The van der Waals surface area contributed by atoms with Crippen molar-refractivity contribution in [2.45, 2.75) is 30.7 Å². The van der Waals surface area contributed by atoms with E-state index in [1.54, 1.807) is 54.6 Å². The van der Waals surface area contributed by atoms with Crippen LogP contribution in [0.15, 0.2) is 82.2 Å². The van der Waals surface area contributed by atoms with Gasteiger partial charge in [0, 0.05) is 16.0 Å². The second-order valence-electron chi connectivity index (χ2n) is 8.16. The van der Waals surface area contributed by atoms with Gasteiger partial charge in [0.25, 0.3) is 5.91 Å². The summed E-state index contributed by atoms with van der Waals surface area (Å²) in [4.78, 5) is 27.6. The normalized spacial score (nSPS) is 16.1. The summed E-state index contributed by atoms with van der Waals surface area (Å²) in [6.07, 6.45) is 0.0642. The molecule has 0 saturated carbocycles. The lowest BCUT2D eigenvalue weighted by molar-refractivity contribution is -0.122. The lowest BCUT2D eigenvalue weighted by Gasteiger charge is -2.27. The molecule has 4 rings (SSSR count). The zero-order valence-electron chi connectivity index (χ0n) is 19.4. The Hall–Kier alpha value is -2.72. The van der Waals surface area contributed by atoms with Gasteiger partial charge in [-0.05, 0) is 79.6 Å². The maximum Gasteiger partial charge on any atom is 0.252 e. The van der Waals surface area contributed by atoms with E-state index in [1.165, 1.54) is 12.1 Å². The van der Waals surface area contributed by atoms with Gasteiger partial charge in [-0.2, -0.15) is 4.31 Å². The first-order valence-electron chi connectivity index (χ1n) is 11.3. The standard InChI is InChI=1S/C26H24BrClN2O5S/c1-2-35-22-10-8-21(9-11-22)30-25(31)17-24(26(30)32)29(15-14-18-4-3-5-20(28)16-18)36(33,34)23-12-6-19(27)7-13-23/h3-13,16,24H,2,14-15,17H2,1H3. The molecule has 0 aromatic heterocycles. The van der Waals surface area contributed by atoms with E-state index in [0.29, 0.717) is 29.5 Å². The van der Waals surface area contributed by atoms with E-state index in [4.69, 9.17) is 16.3 Å². The third kappa shape index (κ3) is 5.64. The summed E-state index contributed by atoms with van der Waals surface area (Å²) in [5, 5.41) is 0.531. The molecule has 0 spiro atoms. The van der Waals surface area contributed by atoms with Crippen LogP contribution in [0.3, 0.4) is 0 Å². The minimum Gasteiger partial charge on any atom is -0.494 e. The molecule has 1 saturated heterocycles. The minimum atomic E-state index is -4.10. The highest BCUT2D eigenvalue weighted by molar-refractivity contribution is 9.10. The highest BCUT2D eigenvalue weighted by Crippen LogP contribution is 2.31. The van der Waals surface area contributed by atoms with Gasteiger partial charge in [-0.15, -0.1) is 0 Å². The quantitative estimate of drug-likeness (QED) is 0.325. The number of carbonyl (C=O) groups excluding carboxylic acids is 2. The monoisotopic (exact) mass is 590 g/mol. The molecule has 1 aliphatic heterocycles. The number of halogens is 2. The molecule has 7 nitrogen and oxygen atoms in total. The molecule has 0 radical (unpaired) electrons. The molecule has 0 bridgehead atoms. The predicted molar refractivity (Wildman–Crippen MR) is 142 cm³/mol. The van der Waals surface area contributed by atoms with Crippen molar-refractivity contribution in [1.82, 2.24) is 4.31 Å². The van der Waals surface area contributed by atoms with Crippen molar-refractivity contribution in [2.24, 2.45) is 0 Å². The van der Waals surface area contributed by atoms with Gasteiger partial charge in [-0.3, -0.25) is 9.59 Å². The molecule has 3 aromatic carbocycles. The summed E-state index contributed by atoms with van der Waals surface area (Å²) in [7, 11) is -4.10. The van der Waals surface area contributed by atoms with Gasteiger partial charge < -0.3 is 4.74 Å². The molecule has 0 N–H and O–H groups in total. The molecule has 36 heavy (non-hydrogen) atoms. The fourth-order valence-electron chi connectivity index (χ4n) is 4.09. The van der Waals surface area contributed by atoms with Gasteiger partial charge in [-0.25, -0.2) is 13.3 Å². The topological polar surface area (TPSA) is 84.0 Å². The fourth-order valence-corrected chi connectivity index (χ4v) is 6.15. The second-order valence-corrected chi connectivity index (χ2v) is 11.4. The van der Waals surface area contributed by atoms with Crippen LogP contribution < -0.4 is 9.64 Å². The van der Waals surface area contributed by atoms with Crippen LogP contribution in [-0.2, 0) is 26.0 Å². The van der Waals surface area contributed by atoms with Crippen molar-refractivity contribution in [3.05, 3.63) is 87.9 Å². The van der Waals surface area contributed by atoms with E-state index in [-0.39, 0.29) is 17.9 Å². The van der Waals surface area contributed by atoms with Crippen molar-refractivity contribution in [3.63, 3.8) is 0 Å². The van der Waals surface area contributed by atoms with Crippen LogP contribution >= 0.6 is 27.5 Å². The zero-order valence-corrected chi connectivity index (χ0v) is 22.6. The molecule has 1 unspecified atom stereocenters. The minimum absolute atomic E-state index is 0.000452. The summed E-state index contributed by atoms with van der Waals surface area (Å²) < 4.78 is 34.7. The molecular formula is C26H24BrClN2O5S. The maximum atomic E-state index is 13.7. The zero-order chi connectivity index (χ0) is 25.9. The van der Waals surface area contributed by atoms with E-state index in [1.807, 2.05) is 13.0 Å². The molecule has 10 heteroatoms. The number of rotatable bonds is 9. The van der Waals surface area contributed by atoms with Crippen molar-refractivity contribution in [1.29, 1.82) is 0 Å². The van der Waals surface area contributed by atoms with Crippen LogP contribution in [0.1, 0.15) is 18.9 Å². The second kappa shape index (κ2) is 11.1. The van der Waals surface area contributed by atoms with Crippen LogP contribution in [0.4, 0.5) is 5.69 Å². The molecule has 1 heterocycles. The number of ether oxygens (including phenoxy) is 1. The fraction of sp³-hybridized carbons (Fsp3) is 0.231. The van der Waals surface area contributed by atoms with Crippen LogP contribution in [0.5, 0.6) is 5.75 Å². The van der Waals surface area contributed by atoms with E-state index >= 15 is 0 Å². The average molecular weight is 592 g/mol. The van der Waals surface area contributed by atoms with E-state index in [9.17, 15) is 18.0 Å². The van der Waals surface area contributed by atoms with Gasteiger partial charge in [0.05, 0.1) is 23.6 Å². The number of imide groups is 1. The highest BCUT2D eigenvalue weighted by atomic mass is 79.9. The van der Waals surface area contributed by atoms with E-state index < -0.39 is 27.9 Å². The summed E-state index contributed by atoms with van der Waals surface area (Å²) in [6, 6.07) is 18.7. The van der Waals surface area contributed by atoms with Crippen molar-refractivity contribution in [3.8, 4) is 5.75 Å². The third-order valence-electron chi connectivity index (χ3n) is 5.81. The van der Waals surface area contributed by atoms with Crippen LogP contribution in [0, 0.1) is 0 Å². The molecule has 1 aliphatic rings. The molecular weight excluding hydrogens is 568 g/mol. The predicted octanol–water partition coefficient (Wildman–Crippen LogP) is 5.07. The number of sulfonamides is 1. The number of anilines is 1. The Morgan fingerprint density at radius 2 is 1.75 bits per heavy atom. The van der Waals surface area contributed by atoms with Crippen LogP contribution in [0.25, 0.3) is 0 Å². The number of nitrogens with zero attached hydrogens (tertiary/aromatic N) is 2. The Bertz CT molecular complexity index is 1360. The summed E-state index contributed by atoms with van der Waals surface area (Å²) in [5.41, 5.74) is 1.19. The van der Waals surface area contributed by atoms with Gasteiger partial charge in [0.2, 0.25) is 15.9 Å². The van der Waals surface area contributed by atoms with Gasteiger partial charge in [0.1, 0.15) is 11.8 Å². The lowest BCUT2D eigenvalue weighted by atomic mass is 10.1. The van der Waals surface area contributed by atoms with Crippen LogP contribution in [0.2, 0.25) is 5.02 Å². The third-order valence-corrected chi connectivity index (χ3v) is 8.49. The van der Waals surface area contributed by atoms with Gasteiger partial charge >= 0.3 is 0 Å². The first kappa shape index (κ1) is 26.3. The number of benzene rings is 3. The Balaban J connectivity index is 1.67. The van der Waals surface area contributed by atoms with Gasteiger partial charge in [0.15, 0.2) is 0 Å². The smallest absolute Gasteiger partial charge is 0.252 e. The van der Waals surface area contributed by atoms with E-state index in [0.717, 1.165) is 19.2 Å². The Morgan fingerprint density at radius 1 is 1.06 bits per heavy atom. The number of carbonyl (C=O) groups is 2. The highest BCUT2D eigenvalue weighted by Gasteiger charge is 2.46. The summed E-state index contributed by atoms with van der Waals surface area (Å²) >= 11 is 9.41. The number of amides is 2. The van der Waals surface area contributed by atoms with E-state index in [2.05, 4.69) is 15.9 Å². The van der Waals surface area contributed by atoms with Crippen molar-refractivity contribution >= 4 is 55.1 Å². The SMILES string of the molecule is CCOc1ccc(N2C(=O)CC(N(CCc3cccc(Cl)c3)S(=O)(=O)c3ccc(Br)cc3)C2=O)cc1. The molecule has 2 amide bonds.